The summed E-state index contributed by atoms with van der Waals surface area (Å²) in [7, 11) is -3.25. The molecular formula is C17H24N4O2S. The van der Waals surface area contributed by atoms with Crippen LogP contribution in [-0.2, 0) is 22.3 Å². The van der Waals surface area contributed by atoms with E-state index < -0.39 is 10.0 Å². The Bertz CT molecular complexity index is 751. The molecule has 2 heterocycles. The third kappa shape index (κ3) is 4.43. The second-order valence-electron chi connectivity index (χ2n) is 6.26. The molecule has 0 unspecified atom stereocenters. The van der Waals surface area contributed by atoms with Crippen molar-refractivity contribution in [2.75, 3.05) is 32.7 Å². The van der Waals surface area contributed by atoms with Gasteiger partial charge in [-0.2, -0.15) is 9.40 Å². The number of rotatable bonds is 6. The molecule has 1 aromatic heterocycles. The topological polar surface area (TPSA) is 58.4 Å². The normalized spacial score (nSPS) is 17.2. The second kappa shape index (κ2) is 7.46. The van der Waals surface area contributed by atoms with Crippen LogP contribution in [0.1, 0.15) is 11.1 Å². The molecule has 1 fully saturated rings. The highest BCUT2D eigenvalue weighted by molar-refractivity contribution is 7.88. The molecule has 0 radical (unpaired) electrons. The Morgan fingerprint density at radius 3 is 2.54 bits per heavy atom. The fraction of sp³-hybridized carbons (Fsp3) is 0.471. The van der Waals surface area contributed by atoms with Crippen LogP contribution in [-0.4, -0.2) is 60.1 Å². The van der Waals surface area contributed by atoms with Crippen LogP contribution < -0.4 is 0 Å². The van der Waals surface area contributed by atoms with Gasteiger partial charge in [0.25, 0.3) is 0 Å². The Morgan fingerprint density at radius 1 is 1.08 bits per heavy atom. The molecule has 0 bridgehead atoms. The minimum absolute atomic E-state index is 0.0853. The zero-order valence-corrected chi connectivity index (χ0v) is 14.8. The van der Waals surface area contributed by atoms with Crippen LogP contribution in [0.3, 0.4) is 0 Å². The first-order chi connectivity index (χ1) is 11.5. The lowest BCUT2D eigenvalue weighted by Crippen LogP contribution is -2.49. The molecule has 3 rings (SSSR count). The molecule has 0 N–H and O–H groups in total. The van der Waals surface area contributed by atoms with Crippen LogP contribution >= 0.6 is 0 Å². The van der Waals surface area contributed by atoms with Crippen LogP contribution in [0.15, 0.2) is 42.7 Å². The Kier molecular flexibility index (Phi) is 5.33. The molecule has 1 saturated heterocycles. The highest BCUT2D eigenvalue weighted by atomic mass is 32.2. The zero-order chi connectivity index (χ0) is 17.0. The van der Waals surface area contributed by atoms with E-state index >= 15 is 0 Å². The van der Waals surface area contributed by atoms with E-state index in [9.17, 15) is 8.42 Å². The Labute approximate surface area is 143 Å². The standard InChI is InChI=1S/C17H24N4O2S/c1-16-4-2-5-17(14-16)15-24(22,23)21-12-9-19(10-13-21)8-11-20-7-3-6-18-20/h2-7,14H,8-13,15H2,1H3. The number of piperazine rings is 1. The first-order valence-corrected chi connectivity index (χ1v) is 9.87. The first kappa shape index (κ1) is 17.1. The van der Waals surface area contributed by atoms with Crippen LogP contribution in [0.4, 0.5) is 0 Å². The number of hydrogen-bond donors (Lipinski definition) is 0. The Hall–Kier alpha value is -1.70. The van der Waals surface area contributed by atoms with Gasteiger partial charge in [0.15, 0.2) is 0 Å². The summed E-state index contributed by atoms with van der Waals surface area (Å²) in [5.74, 6) is 0.0853. The minimum atomic E-state index is -3.25. The van der Waals surface area contributed by atoms with Gasteiger partial charge in [-0.25, -0.2) is 8.42 Å². The van der Waals surface area contributed by atoms with E-state index in [0.29, 0.717) is 13.1 Å². The summed E-state index contributed by atoms with van der Waals surface area (Å²) >= 11 is 0. The van der Waals surface area contributed by atoms with Crippen molar-refractivity contribution in [1.29, 1.82) is 0 Å². The number of nitrogens with zero attached hydrogens (tertiary/aromatic N) is 4. The van der Waals surface area contributed by atoms with E-state index in [-0.39, 0.29) is 5.75 Å². The average Bonchev–Trinajstić information content (AvgIpc) is 3.06. The number of hydrogen-bond acceptors (Lipinski definition) is 4. The molecule has 0 saturated carbocycles. The van der Waals surface area contributed by atoms with Gasteiger partial charge < -0.3 is 0 Å². The molecule has 1 aliphatic rings. The van der Waals surface area contributed by atoms with Crippen molar-refractivity contribution in [3.63, 3.8) is 0 Å². The molecule has 6 nitrogen and oxygen atoms in total. The molecular weight excluding hydrogens is 324 g/mol. The first-order valence-electron chi connectivity index (χ1n) is 8.26. The van der Waals surface area contributed by atoms with Crippen LogP contribution in [0, 0.1) is 6.92 Å². The van der Waals surface area contributed by atoms with Crippen molar-refractivity contribution < 1.29 is 8.42 Å². The van der Waals surface area contributed by atoms with Crippen molar-refractivity contribution >= 4 is 10.0 Å². The molecule has 24 heavy (non-hydrogen) atoms. The van der Waals surface area contributed by atoms with Crippen molar-refractivity contribution in [3.8, 4) is 0 Å². The Balaban J connectivity index is 1.51. The van der Waals surface area contributed by atoms with E-state index in [1.165, 1.54) is 0 Å². The number of aryl methyl sites for hydroxylation is 1. The van der Waals surface area contributed by atoms with Gasteiger partial charge in [-0.15, -0.1) is 0 Å². The molecule has 130 valence electrons. The molecule has 0 aliphatic carbocycles. The summed E-state index contributed by atoms with van der Waals surface area (Å²) in [6.07, 6.45) is 3.72. The average molecular weight is 348 g/mol. The van der Waals surface area contributed by atoms with E-state index in [1.54, 1.807) is 10.5 Å². The largest absolute Gasteiger partial charge is 0.299 e. The summed E-state index contributed by atoms with van der Waals surface area (Å²) in [5.41, 5.74) is 1.95. The summed E-state index contributed by atoms with van der Waals surface area (Å²) in [5, 5.41) is 4.19. The van der Waals surface area contributed by atoms with Gasteiger partial charge in [0.1, 0.15) is 0 Å². The molecule has 1 aliphatic heterocycles. The monoisotopic (exact) mass is 348 g/mol. The predicted octanol–water partition coefficient (Wildman–Crippen LogP) is 1.34. The van der Waals surface area contributed by atoms with E-state index in [1.807, 2.05) is 48.1 Å². The van der Waals surface area contributed by atoms with E-state index in [4.69, 9.17) is 0 Å². The number of benzene rings is 1. The molecule has 2 aromatic rings. The third-order valence-corrected chi connectivity index (χ3v) is 6.21. The van der Waals surface area contributed by atoms with Gasteiger partial charge in [0, 0.05) is 45.1 Å². The molecule has 0 spiro atoms. The molecule has 0 amide bonds. The SMILES string of the molecule is Cc1cccc(CS(=O)(=O)N2CCN(CCn3cccn3)CC2)c1. The summed E-state index contributed by atoms with van der Waals surface area (Å²) in [6, 6.07) is 9.63. The maximum absolute atomic E-state index is 12.6. The van der Waals surface area contributed by atoms with Crippen LogP contribution in [0.5, 0.6) is 0 Å². The minimum Gasteiger partial charge on any atom is -0.299 e. The fourth-order valence-electron chi connectivity index (χ4n) is 3.01. The summed E-state index contributed by atoms with van der Waals surface area (Å²) in [4.78, 5) is 2.29. The van der Waals surface area contributed by atoms with Crippen LogP contribution in [0.25, 0.3) is 0 Å². The van der Waals surface area contributed by atoms with Gasteiger partial charge in [0.2, 0.25) is 10.0 Å². The number of aromatic nitrogens is 2. The van der Waals surface area contributed by atoms with Gasteiger partial charge in [0.05, 0.1) is 12.3 Å². The van der Waals surface area contributed by atoms with Crippen molar-refractivity contribution in [2.45, 2.75) is 19.2 Å². The highest BCUT2D eigenvalue weighted by Crippen LogP contribution is 2.14. The molecule has 7 heteroatoms. The van der Waals surface area contributed by atoms with Gasteiger partial charge in [-0.1, -0.05) is 29.8 Å². The predicted molar refractivity (Wildman–Crippen MR) is 94.0 cm³/mol. The molecule has 0 atom stereocenters. The Morgan fingerprint density at radius 2 is 1.88 bits per heavy atom. The zero-order valence-electron chi connectivity index (χ0n) is 14.0. The van der Waals surface area contributed by atoms with Crippen molar-refractivity contribution in [1.82, 2.24) is 19.0 Å². The van der Waals surface area contributed by atoms with Crippen molar-refractivity contribution in [2.24, 2.45) is 0 Å². The summed E-state index contributed by atoms with van der Waals surface area (Å²) in [6.45, 7) is 6.38. The third-order valence-electron chi connectivity index (χ3n) is 4.36. The summed E-state index contributed by atoms with van der Waals surface area (Å²) < 4.78 is 28.8. The quantitative estimate of drug-likeness (QED) is 0.790. The van der Waals surface area contributed by atoms with E-state index in [2.05, 4.69) is 10.00 Å². The fourth-order valence-corrected chi connectivity index (χ4v) is 4.51. The highest BCUT2D eigenvalue weighted by Gasteiger charge is 2.26. The van der Waals surface area contributed by atoms with Gasteiger partial charge >= 0.3 is 0 Å². The lowest BCUT2D eigenvalue weighted by Gasteiger charge is -2.34. The molecule has 1 aromatic carbocycles. The second-order valence-corrected chi connectivity index (χ2v) is 8.22. The van der Waals surface area contributed by atoms with Gasteiger partial charge in [-0.3, -0.25) is 9.58 Å². The lowest BCUT2D eigenvalue weighted by molar-refractivity contribution is 0.181. The maximum Gasteiger partial charge on any atom is 0.218 e. The van der Waals surface area contributed by atoms with E-state index in [0.717, 1.165) is 37.3 Å². The van der Waals surface area contributed by atoms with Crippen LogP contribution in [0.2, 0.25) is 0 Å². The number of sulfonamides is 1. The maximum atomic E-state index is 12.6. The smallest absolute Gasteiger partial charge is 0.218 e. The van der Waals surface area contributed by atoms with Crippen molar-refractivity contribution in [3.05, 3.63) is 53.9 Å². The lowest BCUT2D eigenvalue weighted by atomic mass is 10.2. The van der Waals surface area contributed by atoms with Gasteiger partial charge in [-0.05, 0) is 18.6 Å².